The third-order valence-corrected chi connectivity index (χ3v) is 2.03. The fourth-order valence-electron chi connectivity index (χ4n) is 0.612. The van der Waals surface area contributed by atoms with Crippen molar-refractivity contribution in [3.8, 4) is 0 Å². The summed E-state index contributed by atoms with van der Waals surface area (Å²) < 4.78 is 3.94. The molecule has 1 aromatic heterocycles. The second kappa shape index (κ2) is 3.48. The lowest BCUT2D eigenvalue weighted by Crippen LogP contribution is -2.32. The van der Waals surface area contributed by atoms with Crippen LogP contribution in [0.5, 0.6) is 0 Å². The van der Waals surface area contributed by atoms with E-state index in [1.54, 1.807) is 13.8 Å². The summed E-state index contributed by atoms with van der Waals surface area (Å²) in [5.74, 6) is 0.294. The molecule has 6 heteroatoms. The molecule has 1 amide bonds. The van der Waals surface area contributed by atoms with Gasteiger partial charge in [0, 0.05) is 11.5 Å². The van der Waals surface area contributed by atoms with Crippen LogP contribution in [0.4, 0.5) is 5.13 Å². The number of amides is 1. The minimum absolute atomic E-state index is 0.400. The van der Waals surface area contributed by atoms with Crippen molar-refractivity contribution in [1.29, 1.82) is 0 Å². The quantitative estimate of drug-likeness (QED) is 0.703. The van der Waals surface area contributed by atoms with Crippen molar-refractivity contribution in [3.63, 3.8) is 0 Å². The molecule has 5 nitrogen and oxygen atoms in total. The molecule has 0 saturated carbocycles. The third-order valence-electron chi connectivity index (χ3n) is 1.29. The summed E-state index contributed by atoms with van der Waals surface area (Å²) in [6, 6.07) is -0.405. The minimum atomic E-state index is -0.405. The van der Waals surface area contributed by atoms with E-state index in [0.717, 1.165) is 0 Å². The van der Waals surface area contributed by atoms with Crippen LogP contribution in [0, 0.1) is 6.92 Å². The Balaban J connectivity index is 2.58. The number of rotatable bonds is 3. The Kier molecular flexibility index (Phi) is 2.59. The Hall–Kier alpha value is -1.17. The standard InChI is InChI=1S/C6H10N4OS/c1-3(5(7)11)8-6-9-4(2)10-12-6/h3H,1-2H3,(H2,7,11)(H,8,9,10). The van der Waals surface area contributed by atoms with Crippen molar-refractivity contribution in [2.45, 2.75) is 19.9 Å². The molecule has 0 radical (unpaired) electrons. The summed E-state index contributed by atoms with van der Waals surface area (Å²) in [6.07, 6.45) is 0. The first-order valence-corrected chi connectivity index (χ1v) is 4.23. The third kappa shape index (κ3) is 2.16. The average molecular weight is 186 g/mol. The number of primary amides is 1. The van der Waals surface area contributed by atoms with Crippen LogP contribution in [0.3, 0.4) is 0 Å². The Bertz CT molecular complexity index is 285. The van der Waals surface area contributed by atoms with Crippen LogP contribution in [-0.4, -0.2) is 21.3 Å². The van der Waals surface area contributed by atoms with E-state index >= 15 is 0 Å². The fraction of sp³-hybridized carbons (Fsp3) is 0.500. The van der Waals surface area contributed by atoms with Crippen molar-refractivity contribution < 1.29 is 4.79 Å². The van der Waals surface area contributed by atoms with Crippen molar-refractivity contribution >= 4 is 22.6 Å². The van der Waals surface area contributed by atoms with E-state index in [1.807, 2.05) is 0 Å². The monoisotopic (exact) mass is 186 g/mol. The maximum atomic E-state index is 10.6. The van der Waals surface area contributed by atoms with Gasteiger partial charge in [-0.3, -0.25) is 4.79 Å². The van der Waals surface area contributed by atoms with E-state index in [0.29, 0.717) is 11.0 Å². The molecule has 0 saturated heterocycles. The predicted octanol–water partition coefficient (Wildman–Crippen LogP) is 0.132. The van der Waals surface area contributed by atoms with Crippen LogP contribution in [0.25, 0.3) is 0 Å². The topological polar surface area (TPSA) is 80.9 Å². The van der Waals surface area contributed by atoms with Gasteiger partial charge < -0.3 is 11.1 Å². The zero-order valence-electron chi connectivity index (χ0n) is 6.87. The highest BCUT2D eigenvalue weighted by molar-refractivity contribution is 7.09. The lowest BCUT2D eigenvalue weighted by Gasteiger charge is -2.06. The van der Waals surface area contributed by atoms with E-state index in [1.165, 1.54) is 11.5 Å². The second-order valence-corrected chi connectivity index (χ2v) is 3.17. The number of hydrogen-bond donors (Lipinski definition) is 2. The Labute approximate surface area is 74.2 Å². The van der Waals surface area contributed by atoms with Gasteiger partial charge in [0.05, 0.1) is 0 Å². The molecule has 1 atom stereocenters. The number of carbonyl (C=O) groups excluding carboxylic acids is 1. The number of anilines is 1. The van der Waals surface area contributed by atoms with E-state index < -0.39 is 11.9 Å². The fourth-order valence-corrected chi connectivity index (χ4v) is 1.27. The van der Waals surface area contributed by atoms with Gasteiger partial charge in [0.15, 0.2) is 0 Å². The molecular formula is C6H10N4OS. The molecule has 1 heterocycles. The smallest absolute Gasteiger partial charge is 0.239 e. The molecular weight excluding hydrogens is 176 g/mol. The highest BCUT2D eigenvalue weighted by Gasteiger charge is 2.09. The van der Waals surface area contributed by atoms with E-state index in [2.05, 4.69) is 14.7 Å². The van der Waals surface area contributed by atoms with E-state index in [-0.39, 0.29) is 0 Å². The van der Waals surface area contributed by atoms with Crippen LogP contribution in [0.2, 0.25) is 0 Å². The molecule has 66 valence electrons. The predicted molar refractivity (Wildman–Crippen MR) is 46.9 cm³/mol. The molecule has 0 bridgehead atoms. The minimum Gasteiger partial charge on any atom is -0.368 e. The van der Waals surface area contributed by atoms with Crippen LogP contribution in [0.15, 0.2) is 0 Å². The zero-order valence-corrected chi connectivity index (χ0v) is 7.68. The molecule has 12 heavy (non-hydrogen) atoms. The summed E-state index contributed by atoms with van der Waals surface area (Å²) in [4.78, 5) is 14.6. The largest absolute Gasteiger partial charge is 0.368 e. The zero-order chi connectivity index (χ0) is 9.14. The van der Waals surface area contributed by atoms with Gasteiger partial charge in [0.2, 0.25) is 11.0 Å². The molecule has 1 unspecified atom stereocenters. The number of nitrogens with two attached hydrogens (primary N) is 1. The van der Waals surface area contributed by atoms with Crippen molar-refractivity contribution in [1.82, 2.24) is 9.36 Å². The highest BCUT2D eigenvalue weighted by Crippen LogP contribution is 2.10. The van der Waals surface area contributed by atoms with E-state index in [4.69, 9.17) is 5.73 Å². The van der Waals surface area contributed by atoms with Gasteiger partial charge in [-0.05, 0) is 13.8 Å². The summed E-state index contributed by atoms with van der Waals surface area (Å²) in [5.41, 5.74) is 5.05. The average Bonchev–Trinajstić information content (AvgIpc) is 2.35. The molecule has 1 rings (SSSR count). The van der Waals surface area contributed by atoms with Crippen molar-refractivity contribution in [2.24, 2.45) is 5.73 Å². The molecule has 3 N–H and O–H groups in total. The molecule has 0 aromatic carbocycles. The van der Waals surface area contributed by atoms with Gasteiger partial charge in [-0.25, -0.2) is 4.98 Å². The SMILES string of the molecule is Cc1nsc(NC(C)C(N)=O)n1. The normalized spacial score (nSPS) is 12.5. The molecule has 0 aliphatic rings. The first-order chi connectivity index (χ1) is 5.59. The highest BCUT2D eigenvalue weighted by atomic mass is 32.1. The van der Waals surface area contributed by atoms with Crippen LogP contribution in [-0.2, 0) is 4.79 Å². The van der Waals surface area contributed by atoms with Gasteiger partial charge in [-0.2, -0.15) is 4.37 Å². The Morgan fingerprint density at radius 1 is 1.75 bits per heavy atom. The lowest BCUT2D eigenvalue weighted by molar-refractivity contribution is -0.118. The summed E-state index contributed by atoms with van der Waals surface area (Å²) in [5, 5.41) is 3.46. The number of aromatic nitrogens is 2. The Morgan fingerprint density at radius 3 is 2.83 bits per heavy atom. The maximum Gasteiger partial charge on any atom is 0.239 e. The molecule has 0 fully saturated rings. The van der Waals surface area contributed by atoms with Gasteiger partial charge in [-0.1, -0.05) is 0 Å². The molecule has 0 aliphatic heterocycles. The van der Waals surface area contributed by atoms with Gasteiger partial charge in [0.1, 0.15) is 11.9 Å². The maximum absolute atomic E-state index is 10.6. The first-order valence-electron chi connectivity index (χ1n) is 3.46. The number of hydrogen-bond acceptors (Lipinski definition) is 5. The van der Waals surface area contributed by atoms with Crippen molar-refractivity contribution in [2.75, 3.05) is 5.32 Å². The number of nitrogens with one attached hydrogen (secondary N) is 1. The summed E-state index contributed by atoms with van der Waals surface area (Å²) >= 11 is 1.22. The summed E-state index contributed by atoms with van der Waals surface area (Å²) in [7, 11) is 0. The van der Waals surface area contributed by atoms with Crippen LogP contribution in [0.1, 0.15) is 12.7 Å². The number of carbonyl (C=O) groups is 1. The second-order valence-electron chi connectivity index (χ2n) is 2.42. The van der Waals surface area contributed by atoms with Gasteiger partial charge >= 0.3 is 0 Å². The van der Waals surface area contributed by atoms with Crippen molar-refractivity contribution in [3.05, 3.63) is 5.82 Å². The van der Waals surface area contributed by atoms with E-state index in [9.17, 15) is 4.79 Å². The van der Waals surface area contributed by atoms with Crippen LogP contribution < -0.4 is 11.1 Å². The number of aryl methyl sites for hydroxylation is 1. The molecule has 0 spiro atoms. The molecule has 0 aliphatic carbocycles. The van der Waals surface area contributed by atoms with Gasteiger partial charge in [-0.15, -0.1) is 0 Å². The lowest BCUT2D eigenvalue weighted by atomic mass is 10.3. The van der Waals surface area contributed by atoms with Crippen LogP contribution >= 0.6 is 11.5 Å². The number of nitrogens with zero attached hydrogens (tertiary/aromatic N) is 2. The first kappa shape index (κ1) is 8.92. The Morgan fingerprint density at radius 2 is 2.42 bits per heavy atom. The van der Waals surface area contributed by atoms with Gasteiger partial charge in [0.25, 0.3) is 0 Å². The summed E-state index contributed by atoms with van der Waals surface area (Å²) in [6.45, 7) is 3.47. The molecule has 1 aromatic rings.